The molecule has 0 spiro atoms. The molecule has 2 atom stereocenters. The number of aliphatic carboxylic acids is 1. The van der Waals surface area contributed by atoms with E-state index >= 15 is 0 Å². The second-order valence-corrected chi connectivity index (χ2v) is 9.71. The molecule has 0 radical (unpaired) electrons. The van der Waals surface area contributed by atoms with E-state index in [4.69, 9.17) is 16.7 Å². The molecule has 2 saturated heterocycles. The van der Waals surface area contributed by atoms with E-state index in [0.29, 0.717) is 19.6 Å². The number of carbonyl (C=O) groups is 1. The predicted molar refractivity (Wildman–Crippen MR) is 85.2 cm³/mol. The molecule has 2 aliphatic heterocycles. The highest BCUT2D eigenvalue weighted by molar-refractivity contribution is 7.91. The van der Waals surface area contributed by atoms with Crippen molar-refractivity contribution in [3.05, 3.63) is 21.3 Å². The average Bonchev–Trinajstić information content (AvgIpc) is 2.95. The molecule has 122 valence electrons. The summed E-state index contributed by atoms with van der Waals surface area (Å²) in [6.45, 7) is 1.80. The SMILES string of the molecule is O=C(O)CN1CCN(Cc2ccc(Cl)s2)[C@H]2CS(=O)(=O)C[C@H]21. The Hall–Kier alpha value is -0.670. The summed E-state index contributed by atoms with van der Waals surface area (Å²) in [6.07, 6.45) is 0. The van der Waals surface area contributed by atoms with Crippen LogP contribution in [0.15, 0.2) is 12.1 Å². The summed E-state index contributed by atoms with van der Waals surface area (Å²) in [4.78, 5) is 16.0. The molecule has 9 heteroatoms. The molecule has 6 nitrogen and oxygen atoms in total. The van der Waals surface area contributed by atoms with Gasteiger partial charge >= 0.3 is 5.97 Å². The number of thiophene rings is 1. The zero-order valence-electron chi connectivity index (χ0n) is 11.8. The Bertz CT molecular complexity index is 675. The van der Waals surface area contributed by atoms with Crippen molar-refractivity contribution in [3.63, 3.8) is 0 Å². The van der Waals surface area contributed by atoms with Gasteiger partial charge < -0.3 is 5.11 Å². The van der Waals surface area contributed by atoms with Crippen LogP contribution in [0.1, 0.15) is 4.88 Å². The van der Waals surface area contributed by atoms with Gasteiger partial charge in [-0.1, -0.05) is 11.6 Å². The van der Waals surface area contributed by atoms with Crippen molar-refractivity contribution in [2.75, 3.05) is 31.1 Å². The molecule has 22 heavy (non-hydrogen) atoms. The van der Waals surface area contributed by atoms with Crippen LogP contribution in [0, 0.1) is 0 Å². The fourth-order valence-electron chi connectivity index (χ4n) is 3.30. The molecule has 1 N–H and O–H groups in total. The topological polar surface area (TPSA) is 77.9 Å². The average molecular weight is 365 g/mol. The number of piperazine rings is 1. The number of fused-ring (bicyclic) bond motifs is 1. The second-order valence-electron chi connectivity index (χ2n) is 5.75. The maximum atomic E-state index is 12.0. The number of nitrogens with zero attached hydrogens (tertiary/aromatic N) is 2. The number of carboxylic acids is 1. The number of halogens is 1. The Morgan fingerprint density at radius 1 is 1.27 bits per heavy atom. The van der Waals surface area contributed by atoms with Gasteiger partial charge in [0.05, 0.1) is 22.4 Å². The molecular weight excluding hydrogens is 348 g/mol. The van der Waals surface area contributed by atoms with Crippen LogP contribution in [0.25, 0.3) is 0 Å². The van der Waals surface area contributed by atoms with Gasteiger partial charge in [-0.15, -0.1) is 11.3 Å². The summed E-state index contributed by atoms with van der Waals surface area (Å²) >= 11 is 7.44. The zero-order chi connectivity index (χ0) is 15.9. The first kappa shape index (κ1) is 16.2. The summed E-state index contributed by atoms with van der Waals surface area (Å²) in [6, 6.07) is 3.42. The molecule has 2 aliphatic rings. The molecule has 3 rings (SSSR count). The van der Waals surface area contributed by atoms with Crippen LogP contribution in [0.5, 0.6) is 0 Å². The Morgan fingerprint density at radius 3 is 2.50 bits per heavy atom. The second kappa shape index (κ2) is 6.09. The summed E-state index contributed by atoms with van der Waals surface area (Å²) in [5.74, 6) is -0.763. The lowest BCUT2D eigenvalue weighted by Crippen LogP contribution is -2.59. The highest BCUT2D eigenvalue weighted by Crippen LogP contribution is 2.30. The molecule has 0 saturated carbocycles. The normalized spacial score (nSPS) is 28.6. The van der Waals surface area contributed by atoms with Crippen molar-refractivity contribution in [1.29, 1.82) is 0 Å². The molecule has 2 fully saturated rings. The Kier molecular flexibility index (Phi) is 4.48. The van der Waals surface area contributed by atoms with Crippen LogP contribution >= 0.6 is 22.9 Å². The van der Waals surface area contributed by atoms with Crippen molar-refractivity contribution >= 4 is 38.7 Å². The third-order valence-electron chi connectivity index (χ3n) is 4.23. The smallest absolute Gasteiger partial charge is 0.317 e. The van der Waals surface area contributed by atoms with E-state index in [1.807, 2.05) is 12.1 Å². The number of sulfone groups is 1. The van der Waals surface area contributed by atoms with Gasteiger partial charge in [-0.05, 0) is 12.1 Å². The summed E-state index contributed by atoms with van der Waals surface area (Å²) < 4.78 is 24.7. The van der Waals surface area contributed by atoms with E-state index in [9.17, 15) is 13.2 Å². The summed E-state index contributed by atoms with van der Waals surface area (Å²) in [5, 5.41) is 9.00. The number of hydrogen-bond donors (Lipinski definition) is 1. The lowest BCUT2D eigenvalue weighted by Gasteiger charge is -2.43. The van der Waals surface area contributed by atoms with Gasteiger partial charge in [0.2, 0.25) is 0 Å². The lowest BCUT2D eigenvalue weighted by atomic mass is 10.0. The van der Waals surface area contributed by atoms with Crippen molar-refractivity contribution in [2.24, 2.45) is 0 Å². The van der Waals surface area contributed by atoms with Crippen molar-refractivity contribution in [3.8, 4) is 0 Å². The van der Waals surface area contributed by atoms with Crippen molar-refractivity contribution in [2.45, 2.75) is 18.6 Å². The minimum Gasteiger partial charge on any atom is -0.480 e. The third kappa shape index (κ3) is 3.46. The van der Waals surface area contributed by atoms with Crippen LogP contribution < -0.4 is 0 Å². The van der Waals surface area contributed by atoms with Crippen LogP contribution in [-0.4, -0.2) is 72.5 Å². The van der Waals surface area contributed by atoms with Gasteiger partial charge in [0.1, 0.15) is 0 Å². The van der Waals surface area contributed by atoms with Gasteiger partial charge in [0.25, 0.3) is 0 Å². The zero-order valence-corrected chi connectivity index (χ0v) is 14.2. The maximum absolute atomic E-state index is 12.0. The van der Waals surface area contributed by atoms with Crippen LogP contribution in [-0.2, 0) is 21.2 Å². The molecular formula is C13H17ClN2O4S2. The van der Waals surface area contributed by atoms with Gasteiger partial charge in [-0.2, -0.15) is 0 Å². The summed E-state index contributed by atoms with van der Waals surface area (Å²) in [7, 11) is -3.12. The molecule has 1 aromatic heterocycles. The summed E-state index contributed by atoms with van der Waals surface area (Å²) in [5.41, 5.74) is 0. The predicted octanol–water partition coefficient (Wildman–Crippen LogP) is 0.769. The molecule has 3 heterocycles. The van der Waals surface area contributed by atoms with E-state index in [2.05, 4.69) is 4.90 Å². The maximum Gasteiger partial charge on any atom is 0.317 e. The Balaban J connectivity index is 1.78. The minimum absolute atomic E-state index is 0.0483. The van der Waals surface area contributed by atoms with Gasteiger partial charge in [0, 0.05) is 36.6 Å². The number of rotatable bonds is 4. The van der Waals surface area contributed by atoms with E-state index in [0.717, 1.165) is 9.21 Å². The van der Waals surface area contributed by atoms with Gasteiger partial charge in [-0.25, -0.2) is 8.42 Å². The van der Waals surface area contributed by atoms with Crippen LogP contribution in [0.3, 0.4) is 0 Å². The monoisotopic (exact) mass is 364 g/mol. The Morgan fingerprint density at radius 2 is 1.91 bits per heavy atom. The molecule has 1 aromatic rings. The highest BCUT2D eigenvalue weighted by atomic mass is 35.5. The molecule has 0 aromatic carbocycles. The van der Waals surface area contributed by atoms with E-state index in [1.54, 1.807) is 4.90 Å². The molecule has 0 amide bonds. The third-order valence-corrected chi connectivity index (χ3v) is 7.15. The molecule has 0 aliphatic carbocycles. The van der Waals surface area contributed by atoms with E-state index in [-0.39, 0.29) is 30.1 Å². The minimum atomic E-state index is -3.12. The van der Waals surface area contributed by atoms with Crippen LogP contribution in [0.4, 0.5) is 0 Å². The number of carboxylic acid groups (broad SMARTS) is 1. The van der Waals surface area contributed by atoms with Crippen LogP contribution in [0.2, 0.25) is 4.34 Å². The largest absolute Gasteiger partial charge is 0.480 e. The molecule has 0 unspecified atom stereocenters. The fourth-order valence-corrected chi connectivity index (χ4v) is 6.46. The first-order valence-electron chi connectivity index (χ1n) is 6.98. The van der Waals surface area contributed by atoms with Crippen molar-refractivity contribution in [1.82, 2.24) is 9.80 Å². The fraction of sp³-hybridized carbons (Fsp3) is 0.615. The van der Waals surface area contributed by atoms with E-state index < -0.39 is 15.8 Å². The molecule has 0 bridgehead atoms. The van der Waals surface area contributed by atoms with E-state index in [1.165, 1.54) is 11.3 Å². The Labute approximate surface area is 138 Å². The number of hydrogen-bond acceptors (Lipinski definition) is 6. The first-order chi connectivity index (χ1) is 10.3. The highest BCUT2D eigenvalue weighted by Gasteiger charge is 2.46. The van der Waals surface area contributed by atoms with Crippen molar-refractivity contribution < 1.29 is 18.3 Å². The standard InChI is InChI=1S/C13H17ClN2O4S2/c14-12-2-1-9(21-12)5-15-3-4-16(6-13(17)18)11-8-22(19,20)7-10(11)15/h1-2,10-11H,3-8H2,(H,17,18)/t10-,11+/m0/s1. The lowest BCUT2D eigenvalue weighted by molar-refractivity contribution is -0.139. The quantitative estimate of drug-likeness (QED) is 0.850. The first-order valence-corrected chi connectivity index (χ1v) is 10.0. The van der Waals surface area contributed by atoms with Gasteiger partial charge in [0.15, 0.2) is 9.84 Å². The van der Waals surface area contributed by atoms with Gasteiger partial charge in [-0.3, -0.25) is 14.6 Å².